The van der Waals surface area contributed by atoms with Crippen LogP contribution in [0.3, 0.4) is 0 Å². The number of carbonyl (C=O) groups is 2. The van der Waals surface area contributed by atoms with Crippen LogP contribution in [0.2, 0.25) is 0 Å². The molecule has 6 nitrogen and oxygen atoms in total. The van der Waals surface area contributed by atoms with Crippen molar-refractivity contribution in [2.24, 2.45) is 0 Å². The standard InChI is InChI=1S/C10H11FO3.C9H9FO3.CH4/c1-13-10(12)8-3-2-4-9(7-8)14-6-5-11;10-4-5-13-8-3-1-2-7(6-8)9(11)12;/h2-4,7H,5-6H2,1H3;1-3,6H,4-5H2,(H,11,12);1H4. The number of carboxylic acids is 1. The van der Waals surface area contributed by atoms with Gasteiger partial charge in [-0.2, -0.15) is 0 Å². The van der Waals surface area contributed by atoms with Gasteiger partial charge in [-0.3, -0.25) is 0 Å². The molecule has 0 unspecified atom stereocenters. The van der Waals surface area contributed by atoms with E-state index in [0.717, 1.165) is 0 Å². The third-order valence-corrected chi connectivity index (χ3v) is 3.03. The predicted molar refractivity (Wildman–Crippen MR) is 101 cm³/mol. The molecule has 2 aromatic rings. The van der Waals surface area contributed by atoms with Crippen LogP contribution in [0.4, 0.5) is 8.78 Å². The number of methoxy groups -OCH3 is 1. The average molecular weight is 398 g/mol. The quantitative estimate of drug-likeness (QED) is 0.672. The highest BCUT2D eigenvalue weighted by atomic mass is 19.1. The van der Waals surface area contributed by atoms with Gasteiger partial charge in [0, 0.05) is 0 Å². The van der Waals surface area contributed by atoms with Crippen LogP contribution in [0.1, 0.15) is 28.1 Å². The summed E-state index contributed by atoms with van der Waals surface area (Å²) in [5.74, 6) is -0.621. The van der Waals surface area contributed by atoms with E-state index in [2.05, 4.69) is 4.74 Å². The molecule has 0 aromatic heterocycles. The first-order chi connectivity index (χ1) is 13.0. The molecule has 0 saturated carbocycles. The third-order valence-electron chi connectivity index (χ3n) is 3.03. The number of halogens is 2. The number of hydrogen-bond donors (Lipinski definition) is 1. The van der Waals surface area contributed by atoms with Crippen molar-refractivity contribution >= 4 is 11.9 Å². The number of rotatable bonds is 8. The number of aromatic carboxylic acids is 1. The van der Waals surface area contributed by atoms with Crippen molar-refractivity contribution in [3.63, 3.8) is 0 Å². The monoisotopic (exact) mass is 398 g/mol. The molecule has 0 atom stereocenters. The zero-order chi connectivity index (χ0) is 20.1. The number of benzene rings is 2. The van der Waals surface area contributed by atoms with E-state index in [1.807, 2.05) is 0 Å². The number of carbonyl (C=O) groups excluding carboxylic acids is 1. The Morgan fingerprint density at radius 1 is 0.893 bits per heavy atom. The lowest BCUT2D eigenvalue weighted by molar-refractivity contribution is 0.0599. The van der Waals surface area contributed by atoms with Gasteiger partial charge in [0.05, 0.1) is 18.2 Å². The minimum atomic E-state index is -1.02. The molecule has 0 aliphatic rings. The molecule has 0 fully saturated rings. The molecular weight excluding hydrogens is 374 g/mol. The number of ether oxygens (including phenoxy) is 3. The summed E-state index contributed by atoms with van der Waals surface area (Å²) in [7, 11) is 1.30. The Bertz CT molecular complexity index is 736. The van der Waals surface area contributed by atoms with Crippen molar-refractivity contribution in [1.29, 1.82) is 0 Å². The Kier molecular flexibility index (Phi) is 12.4. The molecule has 0 bridgehead atoms. The Balaban J connectivity index is 0.000000504. The van der Waals surface area contributed by atoms with Crippen LogP contribution in [-0.4, -0.2) is 50.7 Å². The van der Waals surface area contributed by atoms with Gasteiger partial charge in [-0.25, -0.2) is 18.4 Å². The number of carboxylic acid groups (broad SMARTS) is 1. The largest absolute Gasteiger partial charge is 0.491 e. The Hall–Kier alpha value is -3.16. The van der Waals surface area contributed by atoms with E-state index in [4.69, 9.17) is 14.6 Å². The van der Waals surface area contributed by atoms with Gasteiger partial charge in [0.15, 0.2) is 0 Å². The maximum atomic E-state index is 11.8. The van der Waals surface area contributed by atoms with Crippen LogP contribution < -0.4 is 9.47 Å². The number of alkyl halides is 2. The zero-order valence-corrected chi connectivity index (χ0v) is 14.7. The van der Waals surface area contributed by atoms with Crippen molar-refractivity contribution in [2.45, 2.75) is 7.43 Å². The van der Waals surface area contributed by atoms with Gasteiger partial charge >= 0.3 is 11.9 Å². The molecular formula is C20H24F2O6. The summed E-state index contributed by atoms with van der Waals surface area (Å²) in [6, 6.07) is 12.4. The molecule has 0 spiro atoms. The smallest absolute Gasteiger partial charge is 0.337 e. The molecule has 0 saturated heterocycles. The lowest BCUT2D eigenvalue weighted by Gasteiger charge is -2.04. The predicted octanol–water partition coefficient (Wildman–Crippen LogP) is 4.19. The lowest BCUT2D eigenvalue weighted by atomic mass is 10.2. The summed E-state index contributed by atoms with van der Waals surface area (Å²) in [6.07, 6.45) is 0. The van der Waals surface area contributed by atoms with E-state index in [0.29, 0.717) is 17.1 Å². The van der Waals surface area contributed by atoms with Gasteiger partial charge in [-0.1, -0.05) is 19.6 Å². The molecule has 0 heterocycles. The lowest BCUT2D eigenvalue weighted by Crippen LogP contribution is -2.03. The number of hydrogen-bond acceptors (Lipinski definition) is 5. The van der Waals surface area contributed by atoms with Crippen molar-refractivity contribution in [1.82, 2.24) is 0 Å². The Labute approximate surface area is 162 Å². The Morgan fingerprint density at radius 2 is 1.36 bits per heavy atom. The van der Waals surface area contributed by atoms with Crippen LogP contribution in [0.25, 0.3) is 0 Å². The molecule has 2 rings (SSSR count). The van der Waals surface area contributed by atoms with Gasteiger partial charge in [0.25, 0.3) is 0 Å². The molecule has 0 aliphatic heterocycles. The molecule has 28 heavy (non-hydrogen) atoms. The summed E-state index contributed by atoms with van der Waals surface area (Å²) in [5, 5.41) is 8.61. The fraction of sp³-hybridized carbons (Fsp3) is 0.300. The number of esters is 1. The molecule has 2 aromatic carbocycles. The SMILES string of the molecule is C.COC(=O)c1cccc(OCCF)c1.O=C(O)c1cccc(OCCF)c1. The molecule has 1 N–H and O–H groups in total. The van der Waals surface area contributed by atoms with Crippen LogP contribution >= 0.6 is 0 Å². The molecule has 154 valence electrons. The summed E-state index contributed by atoms with van der Waals surface area (Å²) >= 11 is 0. The van der Waals surface area contributed by atoms with E-state index in [1.165, 1.54) is 25.3 Å². The van der Waals surface area contributed by atoms with Crippen molar-refractivity contribution in [3.8, 4) is 11.5 Å². The summed E-state index contributed by atoms with van der Waals surface area (Å²) in [6.45, 7) is -1.20. The van der Waals surface area contributed by atoms with Gasteiger partial charge in [-0.05, 0) is 36.4 Å². The van der Waals surface area contributed by atoms with E-state index in [-0.39, 0.29) is 26.2 Å². The van der Waals surface area contributed by atoms with Crippen LogP contribution in [-0.2, 0) is 4.74 Å². The topological polar surface area (TPSA) is 82.1 Å². The summed E-state index contributed by atoms with van der Waals surface area (Å²) < 4.78 is 37.9. The molecule has 8 heteroatoms. The van der Waals surface area contributed by atoms with Gasteiger partial charge in [0.2, 0.25) is 0 Å². The van der Waals surface area contributed by atoms with E-state index in [9.17, 15) is 18.4 Å². The third kappa shape index (κ3) is 8.98. The maximum absolute atomic E-state index is 11.8. The van der Waals surface area contributed by atoms with E-state index >= 15 is 0 Å². The molecule has 0 radical (unpaired) electrons. The normalized spacial score (nSPS) is 9.25. The van der Waals surface area contributed by atoms with E-state index < -0.39 is 25.3 Å². The minimum Gasteiger partial charge on any atom is -0.491 e. The molecule has 0 aliphatic carbocycles. The second-order valence-electron chi connectivity index (χ2n) is 4.93. The van der Waals surface area contributed by atoms with Gasteiger partial charge in [-0.15, -0.1) is 0 Å². The summed E-state index contributed by atoms with van der Waals surface area (Å²) in [5.41, 5.74) is 0.528. The van der Waals surface area contributed by atoms with Gasteiger partial charge in [0.1, 0.15) is 38.1 Å². The van der Waals surface area contributed by atoms with Crippen molar-refractivity contribution < 1.29 is 37.7 Å². The van der Waals surface area contributed by atoms with Crippen molar-refractivity contribution in [3.05, 3.63) is 59.7 Å². The first-order valence-corrected chi connectivity index (χ1v) is 7.91. The average Bonchev–Trinajstić information content (AvgIpc) is 2.71. The van der Waals surface area contributed by atoms with Crippen LogP contribution in [0.5, 0.6) is 11.5 Å². The van der Waals surface area contributed by atoms with E-state index in [1.54, 1.807) is 30.3 Å². The fourth-order valence-corrected chi connectivity index (χ4v) is 1.86. The zero-order valence-electron chi connectivity index (χ0n) is 14.7. The van der Waals surface area contributed by atoms with Crippen LogP contribution in [0, 0.1) is 0 Å². The maximum Gasteiger partial charge on any atom is 0.337 e. The first kappa shape index (κ1) is 24.8. The minimum absolute atomic E-state index is 0. The Morgan fingerprint density at radius 3 is 1.79 bits per heavy atom. The second-order valence-corrected chi connectivity index (χ2v) is 4.93. The fourth-order valence-electron chi connectivity index (χ4n) is 1.86. The highest BCUT2D eigenvalue weighted by Crippen LogP contribution is 2.14. The summed E-state index contributed by atoms with van der Waals surface area (Å²) in [4.78, 5) is 21.6. The molecule has 0 amide bonds. The van der Waals surface area contributed by atoms with Crippen molar-refractivity contribution in [2.75, 3.05) is 33.7 Å². The van der Waals surface area contributed by atoms with Gasteiger partial charge < -0.3 is 19.3 Å². The second kappa shape index (κ2) is 14.0. The highest BCUT2D eigenvalue weighted by Gasteiger charge is 2.05. The van der Waals surface area contributed by atoms with Crippen LogP contribution in [0.15, 0.2) is 48.5 Å². The first-order valence-electron chi connectivity index (χ1n) is 7.91. The highest BCUT2D eigenvalue weighted by molar-refractivity contribution is 5.89.